The normalized spacial score (nSPS) is 20.5. The second kappa shape index (κ2) is 7.70. The van der Waals surface area contributed by atoms with Crippen LogP contribution in [-0.4, -0.2) is 24.5 Å². The van der Waals surface area contributed by atoms with Crippen molar-refractivity contribution in [3.63, 3.8) is 0 Å². The van der Waals surface area contributed by atoms with Crippen LogP contribution in [-0.2, 0) is 25.1 Å². The molecule has 1 saturated carbocycles. The number of aryl methyl sites for hydroxylation is 1. The summed E-state index contributed by atoms with van der Waals surface area (Å²) in [5.74, 6) is 0.780. The Hall–Kier alpha value is -3.19. The van der Waals surface area contributed by atoms with Gasteiger partial charge in [0.15, 0.2) is 0 Å². The number of alkyl halides is 3. The Labute approximate surface area is 195 Å². The van der Waals surface area contributed by atoms with E-state index in [4.69, 9.17) is 0 Å². The van der Waals surface area contributed by atoms with Crippen molar-refractivity contribution < 1.29 is 13.2 Å². The zero-order valence-electron chi connectivity index (χ0n) is 17.5. The molecular formula is C23H18BrF3N6. The highest BCUT2D eigenvalue weighted by atomic mass is 79.9. The van der Waals surface area contributed by atoms with Crippen molar-refractivity contribution in [2.45, 2.75) is 30.9 Å². The molecule has 1 aliphatic rings. The summed E-state index contributed by atoms with van der Waals surface area (Å²) in [7, 11) is 1.88. The highest BCUT2D eigenvalue weighted by molar-refractivity contribution is 9.10. The molecule has 168 valence electrons. The van der Waals surface area contributed by atoms with Crippen LogP contribution in [0.25, 0.3) is 16.6 Å². The largest absolute Gasteiger partial charge is 0.417 e. The van der Waals surface area contributed by atoms with Crippen molar-refractivity contribution in [3.05, 3.63) is 70.3 Å². The lowest BCUT2D eigenvalue weighted by Gasteiger charge is -2.45. The maximum atomic E-state index is 13.6. The van der Waals surface area contributed by atoms with Gasteiger partial charge in [-0.3, -0.25) is 0 Å². The predicted octanol–water partition coefficient (Wildman–Crippen LogP) is 5.35. The van der Waals surface area contributed by atoms with Crippen molar-refractivity contribution >= 4 is 26.8 Å². The van der Waals surface area contributed by atoms with E-state index >= 15 is 0 Å². The van der Waals surface area contributed by atoms with E-state index in [1.165, 1.54) is 10.9 Å². The molecule has 0 amide bonds. The first-order valence-electron chi connectivity index (χ1n) is 10.3. The smallest absolute Gasteiger partial charge is 0.321 e. The molecule has 2 aromatic heterocycles. The molecule has 0 aliphatic heterocycles. The minimum Gasteiger partial charge on any atom is -0.321 e. The quantitative estimate of drug-likeness (QED) is 0.368. The standard InChI is InChI=1S/C23H18BrF3N6/c1-32-13-29-30-21(32)10-22(8-14(9-22)11-28)15-3-2-4-17(5-15)33-12-18-19(23(25,26)27)6-16(24)7-20(18)31-33/h2-7,12-14H,8-10H2,1H3. The third kappa shape index (κ3) is 3.80. The fourth-order valence-corrected chi connectivity index (χ4v) is 5.11. The summed E-state index contributed by atoms with van der Waals surface area (Å²) >= 11 is 3.15. The van der Waals surface area contributed by atoms with E-state index < -0.39 is 11.7 Å². The summed E-state index contributed by atoms with van der Waals surface area (Å²) in [6.45, 7) is 0. The monoisotopic (exact) mass is 514 g/mol. The van der Waals surface area contributed by atoms with Crippen LogP contribution in [0.15, 0.2) is 53.4 Å². The second-order valence-corrected chi connectivity index (χ2v) is 9.47. The Balaban J connectivity index is 1.57. The topological polar surface area (TPSA) is 72.3 Å². The lowest BCUT2D eigenvalue weighted by atomic mass is 9.57. The maximum Gasteiger partial charge on any atom is 0.417 e. The van der Waals surface area contributed by atoms with Crippen molar-refractivity contribution in [3.8, 4) is 11.8 Å². The zero-order valence-corrected chi connectivity index (χ0v) is 19.1. The van der Waals surface area contributed by atoms with E-state index in [9.17, 15) is 18.4 Å². The molecule has 6 nitrogen and oxygen atoms in total. The summed E-state index contributed by atoms with van der Waals surface area (Å²) in [5, 5.41) is 22.0. The van der Waals surface area contributed by atoms with E-state index in [-0.39, 0.29) is 22.2 Å². The van der Waals surface area contributed by atoms with Crippen LogP contribution >= 0.6 is 15.9 Å². The van der Waals surface area contributed by atoms with Gasteiger partial charge in [-0.15, -0.1) is 10.2 Å². The van der Waals surface area contributed by atoms with E-state index in [1.54, 1.807) is 12.4 Å². The van der Waals surface area contributed by atoms with Crippen LogP contribution < -0.4 is 0 Å². The molecule has 2 heterocycles. The summed E-state index contributed by atoms with van der Waals surface area (Å²) in [4.78, 5) is 0. The summed E-state index contributed by atoms with van der Waals surface area (Å²) in [5.41, 5.74) is 0.897. The molecule has 1 aliphatic carbocycles. The third-order valence-electron chi connectivity index (χ3n) is 6.38. The number of nitrogens with zero attached hydrogens (tertiary/aromatic N) is 6. The Morgan fingerprint density at radius 1 is 1.24 bits per heavy atom. The van der Waals surface area contributed by atoms with Gasteiger partial charge in [-0.05, 0) is 42.7 Å². The number of hydrogen-bond donors (Lipinski definition) is 0. The molecule has 2 aromatic carbocycles. The number of aromatic nitrogens is 5. The van der Waals surface area contributed by atoms with Crippen molar-refractivity contribution in [1.82, 2.24) is 24.5 Å². The minimum atomic E-state index is -4.49. The van der Waals surface area contributed by atoms with Crippen LogP contribution in [0.4, 0.5) is 13.2 Å². The fourth-order valence-electron chi connectivity index (χ4n) is 4.66. The molecule has 1 fully saturated rings. The molecule has 0 spiro atoms. The van der Waals surface area contributed by atoms with Gasteiger partial charge in [0.25, 0.3) is 0 Å². The van der Waals surface area contributed by atoms with Crippen LogP contribution in [0.2, 0.25) is 0 Å². The number of hydrogen-bond acceptors (Lipinski definition) is 4. The first-order valence-corrected chi connectivity index (χ1v) is 11.1. The average molecular weight is 515 g/mol. The van der Waals surface area contributed by atoms with Gasteiger partial charge in [0.05, 0.1) is 22.8 Å². The zero-order chi connectivity index (χ0) is 23.4. The van der Waals surface area contributed by atoms with Gasteiger partial charge >= 0.3 is 6.18 Å². The van der Waals surface area contributed by atoms with Crippen LogP contribution in [0.1, 0.15) is 29.8 Å². The lowest BCUT2D eigenvalue weighted by Crippen LogP contribution is -2.43. The Bertz CT molecular complexity index is 1390. The van der Waals surface area contributed by atoms with Crippen molar-refractivity contribution in [2.24, 2.45) is 13.0 Å². The maximum absolute atomic E-state index is 13.6. The van der Waals surface area contributed by atoms with Crippen LogP contribution in [0.5, 0.6) is 0 Å². The van der Waals surface area contributed by atoms with Gasteiger partial charge in [-0.25, -0.2) is 4.68 Å². The first-order chi connectivity index (χ1) is 15.7. The number of halogens is 4. The molecule has 4 aromatic rings. The van der Waals surface area contributed by atoms with Gasteiger partial charge in [0.1, 0.15) is 12.2 Å². The molecule has 33 heavy (non-hydrogen) atoms. The highest BCUT2D eigenvalue weighted by Gasteiger charge is 2.46. The van der Waals surface area contributed by atoms with Crippen LogP contribution in [0.3, 0.4) is 0 Å². The van der Waals surface area contributed by atoms with Crippen LogP contribution in [0, 0.1) is 17.2 Å². The molecule has 0 N–H and O–H groups in total. The van der Waals surface area contributed by atoms with Gasteiger partial charge in [-0.2, -0.15) is 23.5 Å². The SMILES string of the molecule is Cn1cnnc1CC1(c2cccc(-n3cc4c(C(F)(F)F)cc(Br)cc4n3)c2)CC(C#N)C1. The number of fused-ring (bicyclic) bond motifs is 1. The van der Waals surface area contributed by atoms with E-state index in [1.807, 2.05) is 35.9 Å². The molecule has 0 bridgehead atoms. The second-order valence-electron chi connectivity index (χ2n) is 8.56. The summed E-state index contributed by atoms with van der Waals surface area (Å²) < 4.78 is 44.4. The van der Waals surface area contributed by atoms with E-state index in [2.05, 4.69) is 37.3 Å². The predicted molar refractivity (Wildman–Crippen MR) is 118 cm³/mol. The molecule has 5 rings (SSSR count). The van der Waals surface area contributed by atoms with Gasteiger partial charge < -0.3 is 4.57 Å². The van der Waals surface area contributed by atoms with Gasteiger partial charge in [-0.1, -0.05) is 28.1 Å². The Morgan fingerprint density at radius 2 is 2.03 bits per heavy atom. The fraction of sp³-hybridized carbons (Fsp3) is 0.304. The summed E-state index contributed by atoms with van der Waals surface area (Å²) in [6, 6.07) is 12.6. The Morgan fingerprint density at radius 3 is 2.70 bits per heavy atom. The number of benzene rings is 2. The molecule has 0 radical (unpaired) electrons. The van der Waals surface area contributed by atoms with Gasteiger partial charge in [0, 0.05) is 40.9 Å². The molecule has 0 saturated heterocycles. The number of rotatable bonds is 4. The van der Waals surface area contributed by atoms with E-state index in [0.29, 0.717) is 29.4 Å². The number of nitriles is 1. The van der Waals surface area contributed by atoms with E-state index in [0.717, 1.165) is 17.5 Å². The lowest BCUT2D eigenvalue weighted by molar-refractivity contribution is -0.136. The Kier molecular flexibility index (Phi) is 5.05. The van der Waals surface area contributed by atoms with Gasteiger partial charge in [0.2, 0.25) is 0 Å². The first kappa shape index (κ1) is 21.6. The molecule has 0 unspecified atom stereocenters. The highest BCUT2D eigenvalue weighted by Crippen LogP contribution is 2.50. The minimum absolute atomic E-state index is 0.0399. The molecule has 10 heteroatoms. The molecule has 0 atom stereocenters. The average Bonchev–Trinajstić information content (AvgIpc) is 3.35. The third-order valence-corrected chi connectivity index (χ3v) is 6.83. The molecular weight excluding hydrogens is 497 g/mol. The van der Waals surface area contributed by atoms with Crippen molar-refractivity contribution in [2.75, 3.05) is 0 Å². The van der Waals surface area contributed by atoms with Crippen molar-refractivity contribution in [1.29, 1.82) is 5.26 Å². The summed E-state index contributed by atoms with van der Waals surface area (Å²) in [6.07, 6.45) is 0.565.